The third-order valence-electron chi connectivity index (χ3n) is 5.13. The molecule has 3 aromatic rings. The van der Waals surface area contributed by atoms with E-state index in [1.54, 1.807) is 49.4 Å². The van der Waals surface area contributed by atoms with Gasteiger partial charge in [-0.3, -0.25) is 9.36 Å². The number of aromatic nitrogens is 1. The van der Waals surface area contributed by atoms with Crippen LogP contribution in [0.5, 0.6) is 0 Å². The molecule has 1 aliphatic heterocycles. The monoisotopic (exact) mass is 486 g/mol. The Morgan fingerprint density at radius 3 is 2.64 bits per heavy atom. The minimum Gasteiger partial charge on any atom is -0.460 e. The van der Waals surface area contributed by atoms with Gasteiger partial charge >= 0.3 is 5.97 Å². The predicted molar refractivity (Wildman–Crippen MR) is 124 cm³/mol. The maximum Gasteiger partial charge on any atom is 0.338 e. The van der Waals surface area contributed by atoms with E-state index < -0.39 is 12.0 Å². The van der Waals surface area contributed by atoms with E-state index in [0.717, 1.165) is 0 Å². The Kier molecular flexibility index (Phi) is 6.88. The van der Waals surface area contributed by atoms with Crippen LogP contribution in [0.4, 0.5) is 4.39 Å². The summed E-state index contributed by atoms with van der Waals surface area (Å²) in [6.45, 7) is 2.01. The Morgan fingerprint density at radius 2 is 1.94 bits per heavy atom. The van der Waals surface area contributed by atoms with Crippen LogP contribution in [0, 0.1) is 5.82 Å². The zero-order valence-corrected chi connectivity index (χ0v) is 19.5. The summed E-state index contributed by atoms with van der Waals surface area (Å²) in [6.07, 6.45) is 1.67. The van der Waals surface area contributed by atoms with Crippen LogP contribution in [0.15, 0.2) is 69.6 Å². The molecule has 0 amide bonds. The molecule has 1 unspecified atom stereocenters. The van der Waals surface area contributed by atoms with Gasteiger partial charge in [0.25, 0.3) is 5.56 Å². The molecule has 2 heterocycles. The minimum atomic E-state index is -0.805. The van der Waals surface area contributed by atoms with E-state index in [4.69, 9.17) is 21.1 Å². The summed E-state index contributed by atoms with van der Waals surface area (Å²) in [6, 6.07) is 12.1. The highest BCUT2D eigenvalue weighted by Gasteiger charge is 2.34. The number of carbonyl (C=O) groups excluding carboxylic acids is 1. The molecule has 9 heteroatoms. The molecular formula is C24H20ClFN2O4S. The lowest BCUT2D eigenvalue weighted by Crippen LogP contribution is -2.40. The van der Waals surface area contributed by atoms with Crippen molar-refractivity contribution in [2.45, 2.75) is 13.0 Å². The van der Waals surface area contributed by atoms with Gasteiger partial charge in [-0.05, 0) is 42.3 Å². The molecule has 0 N–H and O–H groups in total. The molecular weight excluding hydrogens is 467 g/mol. The number of thiazole rings is 1. The summed E-state index contributed by atoms with van der Waals surface area (Å²) < 4.78 is 25.5. The van der Waals surface area contributed by atoms with Crippen molar-refractivity contribution in [2.75, 3.05) is 20.3 Å². The molecule has 1 aromatic heterocycles. The first-order valence-corrected chi connectivity index (χ1v) is 11.3. The van der Waals surface area contributed by atoms with E-state index in [-0.39, 0.29) is 30.2 Å². The van der Waals surface area contributed by atoms with E-state index in [1.807, 2.05) is 0 Å². The van der Waals surface area contributed by atoms with Gasteiger partial charge in [-0.2, -0.15) is 0 Å². The molecule has 0 aliphatic carbocycles. The SMILES string of the molecule is COCCOC(=O)C1=C(C)N=c2s/c(=C\c3ccc(F)cc3)c(=O)n2C1c1ccccc1Cl. The summed E-state index contributed by atoms with van der Waals surface area (Å²) >= 11 is 7.68. The number of esters is 1. The lowest BCUT2D eigenvalue weighted by Gasteiger charge is -2.25. The Labute approximate surface area is 197 Å². The molecule has 6 nitrogen and oxygen atoms in total. The predicted octanol–water partition coefficient (Wildman–Crippen LogP) is 3.22. The number of allylic oxidation sites excluding steroid dienone is 1. The van der Waals surface area contributed by atoms with Gasteiger partial charge in [0.05, 0.1) is 22.4 Å². The number of carbonyl (C=O) groups is 1. The van der Waals surface area contributed by atoms with Crippen molar-refractivity contribution in [3.8, 4) is 0 Å². The first-order valence-electron chi connectivity index (χ1n) is 10.1. The van der Waals surface area contributed by atoms with Crippen LogP contribution in [0.1, 0.15) is 24.1 Å². The summed E-state index contributed by atoms with van der Waals surface area (Å²) in [5.41, 5.74) is 1.60. The molecule has 170 valence electrons. The molecule has 4 rings (SSSR count). The molecule has 2 aromatic carbocycles. The standard InChI is InChI=1S/C24H20ClFN2O4S/c1-14-20(23(30)32-12-11-31-2)21(17-5-3-4-6-18(17)25)28-22(29)19(33-24(28)27-14)13-15-7-9-16(26)10-8-15/h3-10,13,21H,11-12H2,1-2H3/b19-13-. The Bertz CT molecular complexity index is 1410. The van der Waals surface area contributed by atoms with Gasteiger partial charge in [-0.15, -0.1) is 0 Å². The van der Waals surface area contributed by atoms with Crippen molar-refractivity contribution in [3.05, 3.63) is 101 Å². The second kappa shape index (κ2) is 9.82. The maximum absolute atomic E-state index is 13.5. The van der Waals surface area contributed by atoms with Crippen molar-refractivity contribution in [1.29, 1.82) is 0 Å². The number of methoxy groups -OCH3 is 1. The molecule has 1 aliphatic rings. The Morgan fingerprint density at radius 1 is 1.21 bits per heavy atom. The highest BCUT2D eigenvalue weighted by atomic mass is 35.5. The maximum atomic E-state index is 13.5. The summed E-state index contributed by atoms with van der Waals surface area (Å²) in [7, 11) is 1.51. The number of halogens is 2. The van der Waals surface area contributed by atoms with E-state index in [9.17, 15) is 14.0 Å². The number of ether oxygens (including phenoxy) is 2. The zero-order chi connectivity index (χ0) is 23.5. The lowest BCUT2D eigenvalue weighted by molar-refractivity contribution is -0.140. The number of fused-ring (bicyclic) bond motifs is 1. The fourth-order valence-corrected chi connectivity index (χ4v) is 4.87. The minimum absolute atomic E-state index is 0.0658. The summed E-state index contributed by atoms with van der Waals surface area (Å²) in [4.78, 5) is 31.5. The number of rotatable bonds is 6. The average molecular weight is 487 g/mol. The third kappa shape index (κ3) is 4.68. The highest BCUT2D eigenvalue weighted by Crippen LogP contribution is 2.34. The van der Waals surface area contributed by atoms with Crippen LogP contribution in [0.25, 0.3) is 6.08 Å². The molecule has 0 radical (unpaired) electrons. The fraction of sp³-hybridized carbons (Fsp3) is 0.208. The van der Waals surface area contributed by atoms with Gasteiger partial charge in [0.2, 0.25) is 0 Å². The topological polar surface area (TPSA) is 69.9 Å². The smallest absolute Gasteiger partial charge is 0.338 e. The molecule has 0 bridgehead atoms. The van der Waals surface area contributed by atoms with Gasteiger partial charge in [0, 0.05) is 12.1 Å². The van der Waals surface area contributed by atoms with Crippen molar-refractivity contribution in [3.63, 3.8) is 0 Å². The normalized spacial score (nSPS) is 15.9. The van der Waals surface area contributed by atoms with Gasteiger partial charge in [-0.1, -0.05) is 53.3 Å². The first-order chi connectivity index (χ1) is 15.9. The van der Waals surface area contributed by atoms with Crippen LogP contribution in [0.3, 0.4) is 0 Å². The Hall–Kier alpha value is -3.07. The van der Waals surface area contributed by atoms with Crippen molar-refractivity contribution >= 4 is 35.0 Å². The highest BCUT2D eigenvalue weighted by molar-refractivity contribution is 7.07. The molecule has 0 fully saturated rings. The second-order valence-electron chi connectivity index (χ2n) is 7.28. The number of hydrogen-bond donors (Lipinski definition) is 0. The van der Waals surface area contributed by atoms with Crippen molar-refractivity contribution in [2.24, 2.45) is 4.99 Å². The largest absolute Gasteiger partial charge is 0.460 e. The Balaban J connectivity index is 1.90. The van der Waals surface area contributed by atoms with Crippen LogP contribution < -0.4 is 14.9 Å². The number of benzene rings is 2. The second-order valence-corrected chi connectivity index (χ2v) is 8.70. The van der Waals surface area contributed by atoms with E-state index in [0.29, 0.717) is 31.2 Å². The average Bonchev–Trinajstić information content (AvgIpc) is 3.09. The van der Waals surface area contributed by atoms with Crippen LogP contribution in [0.2, 0.25) is 5.02 Å². The third-order valence-corrected chi connectivity index (χ3v) is 6.46. The van der Waals surface area contributed by atoms with Gasteiger partial charge in [0.15, 0.2) is 4.80 Å². The quantitative estimate of drug-likeness (QED) is 0.396. The summed E-state index contributed by atoms with van der Waals surface area (Å²) in [5, 5.41) is 0.410. The summed E-state index contributed by atoms with van der Waals surface area (Å²) in [5.74, 6) is -0.953. The fourth-order valence-electron chi connectivity index (χ4n) is 3.58. The molecule has 0 spiro atoms. The molecule has 0 saturated heterocycles. The zero-order valence-electron chi connectivity index (χ0n) is 17.9. The van der Waals surface area contributed by atoms with Crippen molar-refractivity contribution < 1.29 is 18.7 Å². The van der Waals surface area contributed by atoms with Gasteiger partial charge in [-0.25, -0.2) is 14.2 Å². The van der Waals surface area contributed by atoms with Gasteiger partial charge < -0.3 is 9.47 Å². The van der Waals surface area contributed by atoms with E-state index >= 15 is 0 Å². The van der Waals surface area contributed by atoms with Crippen molar-refractivity contribution in [1.82, 2.24) is 4.57 Å². The first kappa shape index (κ1) is 23.1. The number of nitrogens with zero attached hydrogens (tertiary/aromatic N) is 2. The van der Waals surface area contributed by atoms with Crippen LogP contribution in [-0.2, 0) is 14.3 Å². The van der Waals surface area contributed by atoms with Gasteiger partial charge in [0.1, 0.15) is 18.5 Å². The van der Waals surface area contributed by atoms with Crippen LogP contribution in [-0.4, -0.2) is 30.9 Å². The van der Waals surface area contributed by atoms with Crippen LogP contribution >= 0.6 is 22.9 Å². The molecule has 33 heavy (non-hydrogen) atoms. The molecule has 0 saturated carbocycles. The van der Waals surface area contributed by atoms with E-state index in [1.165, 1.54) is 35.1 Å². The molecule has 1 atom stereocenters. The van der Waals surface area contributed by atoms with E-state index in [2.05, 4.69) is 4.99 Å². The number of hydrogen-bond acceptors (Lipinski definition) is 6. The lowest BCUT2D eigenvalue weighted by atomic mass is 9.96.